The molecule has 1 unspecified atom stereocenters. The van der Waals surface area contributed by atoms with Gasteiger partial charge in [-0.25, -0.2) is 0 Å². The normalized spacial score (nSPS) is 11.9. The number of aliphatic hydroxyl groups excluding tert-OH is 1. The fourth-order valence-corrected chi connectivity index (χ4v) is 2.42. The fraction of sp³-hybridized carbons (Fsp3) is 0.214. The van der Waals surface area contributed by atoms with Crippen LogP contribution in [0, 0.1) is 0 Å². The molecule has 0 saturated carbocycles. The summed E-state index contributed by atoms with van der Waals surface area (Å²) in [6.07, 6.45) is -0.524. The third kappa shape index (κ3) is 4.08. The smallest absolute Gasteiger partial charge is 0.221 e. The Bertz CT molecular complexity index is 540. The van der Waals surface area contributed by atoms with E-state index in [1.165, 1.54) is 18.3 Å². The lowest BCUT2D eigenvalue weighted by molar-refractivity contribution is -0.114. The van der Waals surface area contributed by atoms with Gasteiger partial charge in [-0.15, -0.1) is 11.3 Å². The minimum Gasteiger partial charge on any atom is -0.386 e. The van der Waals surface area contributed by atoms with Crippen molar-refractivity contribution in [3.63, 3.8) is 0 Å². The van der Waals surface area contributed by atoms with Gasteiger partial charge in [-0.2, -0.15) is 0 Å². The molecule has 1 amide bonds. The highest BCUT2D eigenvalue weighted by atomic mass is 32.1. The number of anilines is 2. The summed E-state index contributed by atoms with van der Waals surface area (Å²) in [5.74, 6) is -0.101. The SMILES string of the molecule is CC(=O)Nc1cccc(NCC(O)c2cccs2)c1. The first-order chi connectivity index (χ1) is 9.15. The Balaban J connectivity index is 1.94. The summed E-state index contributed by atoms with van der Waals surface area (Å²) in [4.78, 5) is 11.9. The predicted molar refractivity (Wildman–Crippen MR) is 78.5 cm³/mol. The van der Waals surface area contributed by atoms with Crippen LogP contribution >= 0.6 is 11.3 Å². The Hall–Kier alpha value is -1.85. The summed E-state index contributed by atoms with van der Waals surface area (Å²) in [6.45, 7) is 1.91. The van der Waals surface area contributed by atoms with E-state index in [1.54, 1.807) is 0 Å². The molecule has 4 nitrogen and oxygen atoms in total. The number of thiophene rings is 1. The van der Waals surface area contributed by atoms with E-state index in [0.717, 1.165) is 16.3 Å². The molecular formula is C14H16N2O2S. The number of carbonyl (C=O) groups excluding carboxylic acids is 1. The molecule has 1 heterocycles. The summed E-state index contributed by atoms with van der Waals surface area (Å²) in [6, 6.07) is 11.2. The first-order valence-electron chi connectivity index (χ1n) is 5.98. The second kappa shape index (κ2) is 6.36. The van der Waals surface area contributed by atoms with E-state index in [2.05, 4.69) is 10.6 Å². The van der Waals surface area contributed by atoms with E-state index in [-0.39, 0.29) is 5.91 Å². The molecule has 0 aliphatic carbocycles. The van der Waals surface area contributed by atoms with E-state index in [9.17, 15) is 9.90 Å². The number of hydrogen-bond donors (Lipinski definition) is 3. The van der Waals surface area contributed by atoms with Gasteiger partial charge in [0, 0.05) is 29.7 Å². The number of benzene rings is 1. The van der Waals surface area contributed by atoms with Crippen LogP contribution in [-0.2, 0) is 4.79 Å². The van der Waals surface area contributed by atoms with Crippen LogP contribution in [0.1, 0.15) is 17.9 Å². The van der Waals surface area contributed by atoms with Crippen molar-refractivity contribution >= 4 is 28.6 Å². The number of aliphatic hydroxyl groups is 1. The van der Waals surface area contributed by atoms with E-state index in [1.807, 2.05) is 41.8 Å². The first-order valence-corrected chi connectivity index (χ1v) is 6.86. The number of nitrogens with one attached hydrogen (secondary N) is 2. The molecule has 0 bridgehead atoms. The fourth-order valence-electron chi connectivity index (χ4n) is 1.71. The molecule has 5 heteroatoms. The second-order valence-corrected chi connectivity index (χ2v) is 5.15. The lowest BCUT2D eigenvalue weighted by atomic mass is 10.2. The summed E-state index contributed by atoms with van der Waals surface area (Å²) in [5, 5.41) is 17.8. The third-order valence-corrected chi connectivity index (χ3v) is 3.53. The average Bonchev–Trinajstić information content (AvgIpc) is 2.89. The van der Waals surface area contributed by atoms with Gasteiger partial charge in [0.1, 0.15) is 6.10 Å². The molecule has 100 valence electrons. The Morgan fingerprint density at radius 3 is 2.79 bits per heavy atom. The predicted octanol–water partition coefficient (Wildman–Crippen LogP) is 2.85. The van der Waals surface area contributed by atoms with Gasteiger partial charge >= 0.3 is 0 Å². The molecule has 0 saturated heterocycles. The van der Waals surface area contributed by atoms with Crippen LogP contribution in [0.4, 0.5) is 11.4 Å². The highest BCUT2D eigenvalue weighted by Crippen LogP contribution is 2.20. The van der Waals surface area contributed by atoms with Crippen molar-refractivity contribution < 1.29 is 9.90 Å². The summed E-state index contributed by atoms with van der Waals surface area (Å²) >= 11 is 1.53. The Morgan fingerprint density at radius 1 is 1.32 bits per heavy atom. The van der Waals surface area contributed by atoms with Gasteiger partial charge < -0.3 is 15.7 Å². The summed E-state index contributed by atoms with van der Waals surface area (Å²) < 4.78 is 0. The summed E-state index contributed by atoms with van der Waals surface area (Å²) in [7, 11) is 0. The van der Waals surface area contributed by atoms with Crippen LogP contribution in [0.5, 0.6) is 0 Å². The molecule has 1 atom stereocenters. The quantitative estimate of drug-likeness (QED) is 0.787. The molecule has 0 spiro atoms. The van der Waals surface area contributed by atoms with Gasteiger partial charge in [-0.1, -0.05) is 12.1 Å². The van der Waals surface area contributed by atoms with E-state index in [4.69, 9.17) is 0 Å². The minimum atomic E-state index is -0.524. The molecule has 0 fully saturated rings. The van der Waals surface area contributed by atoms with E-state index < -0.39 is 6.10 Å². The zero-order chi connectivity index (χ0) is 13.7. The maximum atomic E-state index is 11.0. The maximum Gasteiger partial charge on any atom is 0.221 e. The van der Waals surface area contributed by atoms with Gasteiger partial charge in [0.05, 0.1) is 0 Å². The topological polar surface area (TPSA) is 61.4 Å². The van der Waals surface area contributed by atoms with Crippen LogP contribution in [0.15, 0.2) is 41.8 Å². The van der Waals surface area contributed by atoms with Crippen molar-refractivity contribution in [2.75, 3.05) is 17.2 Å². The molecule has 0 radical (unpaired) electrons. The second-order valence-electron chi connectivity index (χ2n) is 4.17. The molecule has 19 heavy (non-hydrogen) atoms. The van der Waals surface area contributed by atoms with Crippen molar-refractivity contribution in [1.82, 2.24) is 0 Å². The molecule has 2 rings (SSSR count). The van der Waals surface area contributed by atoms with Crippen LogP contribution in [-0.4, -0.2) is 17.6 Å². The maximum absolute atomic E-state index is 11.0. The number of amides is 1. The van der Waals surface area contributed by atoms with Crippen molar-refractivity contribution in [2.45, 2.75) is 13.0 Å². The molecule has 2 aromatic rings. The largest absolute Gasteiger partial charge is 0.386 e. The number of rotatable bonds is 5. The van der Waals surface area contributed by atoms with Gasteiger partial charge in [-0.05, 0) is 29.6 Å². The Kier molecular flexibility index (Phi) is 4.54. The lowest BCUT2D eigenvalue weighted by Crippen LogP contribution is -2.11. The van der Waals surface area contributed by atoms with E-state index >= 15 is 0 Å². The Morgan fingerprint density at radius 2 is 2.11 bits per heavy atom. The molecule has 1 aromatic heterocycles. The average molecular weight is 276 g/mol. The molecule has 0 aliphatic heterocycles. The van der Waals surface area contributed by atoms with Crippen LogP contribution < -0.4 is 10.6 Å². The van der Waals surface area contributed by atoms with Crippen molar-refractivity contribution in [2.24, 2.45) is 0 Å². The van der Waals surface area contributed by atoms with Crippen molar-refractivity contribution in [1.29, 1.82) is 0 Å². The standard InChI is InChI=1S/C14H16N2O2S/c1-10(17)16-12-5-2-4-11(8-12)15-9-13(18)14-6-3-7-19-14/h2-8,13,15,18H,9H2,1H3,(H,16,17). The van der Waals surface area contributed by atoms with Gasteiger partial charge in [-0.3, -0.25) is 4.79 Å². The molecular weight excluding hydrogens is 260 g/mol. The van der Waals surface area contributed by atoms with E-state index in [0.29, 0.717) is 6.54 Å². The zero-order valence-electron chi connectivity index (χ0n) is 10.6. The molecule has 1 aromatic carbocycles. The highest BCUT2D eigenvalue weighted by molar-refractivity contribution is 7.10. The van der Waals surface area contributed by atoms with Gasteiger partial charge in [0.2, 0.25) is 5.91 Å². The van der Waals surface area contributed by atoms with Crippen LogP contribution in [0.2, 0.25) is 0 Å². The zero-order valence-corrected chi connectivity index (χ0v) is 11.4. The van der Waals surface area contributed by atoms with Crippen molar-refractivity contribution in [3.05, 3.63) is 46.7 Å². The summed E-state index contributed by atoms with van der Waals surface area (Å²) in [5.41, 5.74) is 1.60. The molecule has 0 aliphatic rings. The third-order valence-electron chi connectivity index (χ3n) is 2.55. The molecule has 3 N–H and O–H groups in total. The number of carbonyl (C=O) groups is 1. The monoisotopic (exact) mass is 276 g/mol. The Labute approximate surface area is 116 Å². The van der Waals surface area contributed by atoms with Crippen molar-refractivity contribution in [3.8, 4) is 0 Å². The van der Waals surface area contributed by atoms with Gasteiger partial charge in [0.15, 0.2) is 0 Å². The van der Waals surface area contributed by atoms with Crippen LogP contribution in [0.25, 0.3) is 0 Å². The first kappa shape index (κ1) is 13.6. The minimum absolute atomic E-state index is 0.101. The highest BCUT2D eigenvalue weighted by Gasteiger charge is 2.08. The van der Waals surface area contributed by atoms with Gasteiger partial charge in [0.25, 0.3) is 0 Å². The number of hydrogen-bond acceptors (Lipinski definition) is 4. The van der Waals surface area contributed by atoms with Crippen LogP contribution in [0.3, 0.4) is 0 Å². The lowest BCUT2D eigenvalue weighted by Gasteiger charge is -2.12.